The van der Waals surface area contributed by atoms with Crippen LogP contribution in [0.5, 0.6) is 0 Å². The minimum atomic E-state index is -1.21. The molecule has 2 N–H and O–H groups in total. The number of carbonyl (C=O) groups is 2. The summed E-state index contributed by atoms with van der Waals surface area (Å²) >= 11 is 0. The maximum Gasteiger partial charge on any atom is 0.329 e. The molecule has 104 valence electrons. The highest BCUT2D eigenvalue weighted by Gasteiger charge is 2.49. The zero-order valence-corrected chi connectivity index (χ0v) is 11.4. The second kappa shape index (κ2) is 4.72. The largest absolute Gasteiger partial charge is 0.480 e. The third-order valence-electron chi connectivity index (χ3n) is 3.73. The first-order chi connectivity index (χ1) is 8.88. The Balaban J connectivity index is 2.19. The second-order valence-corrected chi connectivity index (χ2v) is 5.31. The van der Waals surface area contributed by atoms with Crippen LogP contribution in [0.25, 0.3) is 0 Å². The summed E-state index contributed by atoms with van der Waals surface area (Å²) in [7, 11) is 0. The first-order valence-electron chi connectivity index (χ1n) is 6.53. The van der Waals surface area contributed by atoms with E-state index in [0.29, 0.717) is 6.42 Å². The van der Waals surface area contributed by atoms with Gasteiger partial charge in [-0.05, 0) is 38.7 Å². The van der Waals surface area contributed by atoms with Gasteiger partial charge in [-0.15, -0.1) is 0 Å². The average molecular weight is 265 g/mol. The first-order valence-corrected chi connectivity index (χ1v) is 6.53. The number of hydrogen-bond donors (Lipinski definition) is 2. The van der Waals surface area contributed by atoms with E-state index in [1.165, 1.54) is 0 Å². The van der Waals surface area contributed by atoms with Gasteiger partial charge in [0, 0.05) is 12.0 Å². The Morgan fingerprint density at radius 2 is 2.16 bits per heavy atom. The van der Waals surface area contributed by atoms with Gasteiger partial charge >= 0.3 is 5.97 Å². The molecular weight excluding hydrogens is 246 g/mol. The van der Waals surface area contributed by atoms with Gasteiger partial charge in [-0.1, -0.05) is 6.92 Å². The van der Waals surface area contributed by atoms with Gasteiger partial charge in [-0.25, -0.2) is 4.79 Å². The summed E-state index contributed by atoms with van der Waals surface area (Å²) in [4.78, 5) is 23.5. The fourth-order valence-electron chi connectivity index (χ4n) is 2.23. The number of rotatable bonds is 5. The van der Waals surface area contributed by atoms with Crippen molar-refractivity contribution in [2.45, 2.75) is 45.6 Å². The molecule has 0 radical (unpaired) electrons. The number of aliphatic carboxylic acids is 1. The molecule has 1 unspecified atom stereocenters. The maximum atomic E-state index is 12.2. The lowest BCUT2D eigenvalue weighted by atomic mass is 9.95. The lowest BCUT2D eigenvalue weighted by Crippen LogP contribution is -2.54. The zero-order valence-electron chi connectivity index (χ0n) is 11.4. The molecule has 1 amide bonds. The number of hydrogen-bond acceptors (Lipinski definition) is 3. The number of carboxylic acid groups (broad SMARTS) is 1. The predicted molar refractivity (Wildman–Crippen MR) is 69.1 cm³/mol. The summed E-state index contributed by atoms with van der Waals surface area (Å²) < 4.78 is 5.45. The van der Waals surface area contributed by atoms with Crippen molar-refractivity contribution >= 4 is 11.9 Å². The number of amides is 1. The quantitative estimate of drug-likeness (QED) is 0.854. The Labute approximate surface area is 112 Å². The Morgan fingerprint density at radius 1 is 1.53 bits per heavy atom. The molecule has 0 aromatic carbocycles. The number of nitrogens with one attached hydrogen (secondary N) is 1. The molecule has 2 rings (SSSR count). The summed E-state index contributed by atoms with van der Waals surface area (Å²) in [5.74, 6) is -0.497. The van der Waals surface area contributed by atoms with Crippen molar-refractivity contribution in [3.63, 3.8) is 0 Å². The molecule has 1 fully saturated rings. The molecule has 1 aromatic rings. The standard InChI is InChI=1S/C14H19NO4/c1-4-10-7-8(2)11(19-10)12(16)15-14(3,13(17)18)9-5-6-9/h7,9H,4-6H2,1-3H3,(H,15,16)(H,17,18). The van der Waals surface area contributed by atoms with Crippen molar-refractivity contribution in [2.24, 2.45) is 5.92 Å². The van der Waals surface area contributed by atoms with Gasteiger partial charge in [-0.3, -0.25) is 4.79 Å². The Bertz CT molecular complexity index is 516. The summed E-state index contributed by atoms with van der Waals surface area (Å²) in [6.45, 7) is 5.28. The highest BCUT2D eigenvalue weighted by atomic mass is 16.4. The van der Waals surface area contributed by atoms with Crippen molar-refractivity contribution < 1.29 is 19.1 Å². The van der Waals surface area contributed by atoms with Crippen LogP contribution >= 0.6 is 0 Å². The van der Waals surface area contributed by atoms with Gasteiger partial charge in [-0.2, -0.15) is 0 Å². The van der Waals surface area contributed by atoms with Gasteiger partial charge in [0.1, 0.15) is 11.3 Å². The molecular formula is C14H19NO4. The highest BCUT2D eigenvalue weighted by Crippen LogP contribution is 2.40. The molecule has 0 saturated heterocycles. The second-order valence-electron chi connectivity index (χ2n) is 5.31. The van der Waals surface area contributed by atoms with Crippen LogP contribution in [0.1, 0.15) is 48.6 Å². The highest BCUT2D eigenvalue weighted by molar-refractivity contribution is 5.97. The summed E-state index contributed by atoms with van der Waals surface area (Å²) in [6.07, 6.45) is 2.37. The van der Waals surface area contributed by atoms with Crippen LogP contribution in [0.3, 0.4) is 0 Å². The fraction of sp³-hybridized carbons (Fsp3) is 0.571. The van der Waals surface area contributed by atoms with Crippen molar-refractivity contribution in [2.75, 3.05) is 0 Å². The number of carboxylic acids is 1. The number of aryl methyl sites for hydroxylation is 2. The number of carbonyl (C=O) groups excluding carboxylic acids is 1. The molecule has 5 nitrogen and oxygen atoms in total. The molecule has 0 spiro atoms. The minimum Gasteiger partial charge on any atom is -0.480 e. The summed E-state index contributed by atoms with van der Waals surface area (Å²) in [6, 6.07) is 1.81. The van der Waals surface area contributed by atoms with Gasteiger partial charge in [0.2, 0.25) is 0 Å². The van der Waals surface area contributed by atoms with Crippen LogP contribution in [0.4, 0.5) is 0 Å². The van der Waals surface area contributed by atoms with E-state index in [0.717, 1.165) is 24.2 Å². The predicted octanol–water partition coefficient (Wildman–Crippen LogP) is 2.13. The van der Waals surface area contributed by atoms with Gasteiger partial charge in [0.15, 0.2) is 5.76 Å². The van der Waals surface area contributed by atoms with Crippen LogP contribution in [-0.4, -0.2) is 22.5 Å². The van der Waals surface area contributed by atoms with Crippen LogP contribution in [0.2, 0.25) is 0 Å². The SMILES string of the molecule is CCc1cc(C)c(C(=O)NC(C)(C(=O)O)C2CC2)o1. The van der Waals surface area contributed by atoms with E-state index in [1.54, 1.807) is 13.8 Å². The minimum absolute atomic E-state index is 0.00913. The van der Waals surface area contributed by atoms with Crippen molar-refractivity contribution in [1.82, 2.24) is 5.32 Å². The van der Waals surface area contributed by atoms with Gasteiger partial charge in [0.05, 0.1) is 0 Å². The van der Waals surface area contributed by atoms with Crippen LogP contribution in [-0.2, 0) is 11.2 Å². The van der Waals surface area contributed by atoms with E-state index >= 15 is 0 Å². The van der Waals surface area contributed by atoms with Crippen molar-refractivity contribution in [1.29, 1.82) is 0 Å². The maximum absolute atomic E-state index is 12.2. The first kappa shape index (κ1) is 13.6. The molecule has 1 saturated carbocycles. The smallest absolute Gasteiger partial charge is 0.329 e. The third-order valence-corrected chi connectivity index (χ3v) is 3.73. The molecule has 19 heavy (non-hydrogen) atoms. The lowest BCUT2D eigenvalue weighted by Gasteiger charge is -2.25. The van der Waals surface area contributed by atoms with Crippen LogP contribution < -0.4 is 5.32 Å². The van der Waals surface area contributed by atoms with Crippen LogP contribution in [0, 0.1) is 12.8 Å². The van der Waals surface area contributed by atoms with E-state index in [9.17, 15) is 14.7 Å². The Kier molecular flexibility index (Phi) is 3.39. The van der Waals surface area contributed by atoms with Crippen molar-refractivity contribution in [3.05, 3.63) is 23.2 Å². The van der Waals surface area contributed by atoms with Gasteiger partial charge in [0.25, 0.3) is 5.91 Å². The van der Waals surface area contributed by atoms with E-state index in [2.05, 4.69) is 5.32 Å². The Morgan fingerprint density at radius 3 is 2.58 bits per heavy atom. The third kappa shape index (κ3) is 2.50. The molecule has 5 heteroatoms. The molecule has 1 heterocycles. The van der Waals surface area contributed by atoms with Crippen LogP contribution in [0.15, 0.2) is 10.5 Å². The molecule has 1 aliphatic rings. The molecule has 1 aliphatic carbocycles. The fourth-order valence-corrected chi connectivity index (χ4v) is 2.23. The Hall–Kier alpha value is -1.78. The molecule has 0 bridgehead atoms. The summed E-state index contributed by atoms with van der Waals surface area (Å²) in [5.41, 5.74) is -0.472. The van der Waals surface area contributed by atoms with E-state index in [4.69, 9.17) is 4.42 Å². The topological polar surface area (TPSA) is 79.5 Å². The van der Waals surface area contributed by atoms with Crippen molar-refractivity contribution in [3.8, 4) is 0 Å². The molecule has 1 atom stereocenters. The number of furan rings is 1. The molecule has 1 aromatic heterocycles. The lowest BCUT2D eigenvalue weighted by molar-refractivity contribution is -0.144. The van der Waals surface area contributed by atoms with Gasteiger partial charge < -0.3 is 14.8 Å². The molecule has 0 aliphatic heterocycles. The average Bonchev–Trinajstić information content (AvgIpc) is 3.12. The zero-order chi connectivity index (χ0) is 14.2. The summed E-state index contributed by atoms with van der Waals surface area (Å²) in [5, 5.41) is 11.9. The normalized spacial score (nSPS) is 17.8. The monoisotopic (exact) mass is 265 g/mol. The van der Waals surface area contributed by atoms with E-state index in [1.807, 2.05) is 13.0 Å². The van der Waals surface area contributed by atoms with E-state index in [-0.39, 0.29) is 11.7 Å². The van der Waals surface area contributed by atoms with E-state index < -0.39 is 17.4 Å².